The first-order valence-corrected chi connectivity index (χ1v) is 5.94. The molecule has 0 N–H and O–H groups in total. The molecule has 0 atom stereocenters. The van der Waals surface area contributed by atoms with E-state index in [4.69, 9.17) is 16.9 Å². The maximum atomic E-state index is 8.60. The zero-order chi connectivity index (χ0) is 10.1. The van der Waals surface area contributed by atoms with Gasteiger partial charge in [-0.25, -0.2) is 0 Å². The minimum absolute atomic E-state index is 0.433. The van der Waals surface area contributed by atoms with Crippen molar-refractivity contribution in [2.75, 3.05) is 0 Å². The van der Waals surface area contributed by atoms with Crippen LogP contribution in [0.4, 0.5) is 0 Å². The molecule has 0 aliphatic heterocycles. The van der Waals surface area contributed by atoms with Crippen LogP contribution in [0.25, 0.3) is 10.1 Å². The van der Waals surface area contributed by atoms with Gasteiger partial charge in [0.25, 0.3) is 0 Å². The number of halogens is 2. The second-order valence-corrected chi connectivity index (χ2v) is 5.42. The van der Waals surface area contributed by atoms with Gasteiger partial charge in [0.2, 0.25) is 0 Å². The van der Waals surface area contributed by atoms with Crippen LogP contribution in [0.5, 0.6) is 0 Å². The summed E-state index contributed by atoms with van der Waals surface area (Å²) in [7, 11) is 0. The minimum Gasteiger partial charge on any atom is -0.198 e. The zero-order valence-electron chi connectivity index (χ0n) is 7.05. The van der Waals surface area contributed by atoms with Gasteiger partial charge in [0.05, 0.1) is 21.5 Å². The molecule has 1 nitrogen and oxygen atoms in total. The van der Waals surface area contributed by atoms with Crippen molar-refractivity contribution in [3.8, 4) is 6.07 Å². The van der Waals surface area contributed by atoms with Crippen LogP contribution in [0.15, 0.2) is 22.7 Å². The topological polar surface area (TPSA) is 23.8 Å². The zero-order valence-corrected chi connectivity index (χ0v) is 10.2. The lowest BCUT2D eigenvalue weighted by molar-refractivity contribution is 1.27. The molecule has 0 saturated carbocycles. The number of benzene rings is 1. The van der Waals surface area contributed by atoms with Crippen molar-refractivity contribution < 1.29 is 0 Å². The van der Waals surface area contributed by atoms with Gasteiger partial charge in [-0.05, 0) is 45.1 Å². The van der Waals surface area contributed by atoms with Gasteiger partial charge in [-0.15, -0.1) is 11.3 Å². The van der Waals surface area contributed by atoms with E-state index in [2.05, 4.69) is 22.0 Å². The molecule has 0 bridgehead atoms. The second kappa shape index (κ2) is 3.90. The Bertz CT molecular complexity index is 527. The molecule has 1 aromatic heterocycles. The van der Waals surface area contributed by atoms with E-state index >= 15 is 0 Å². The summed E-state index contributed by atoms with van der Waals surface area (Å²) in [5, 5.41) is 9.70. The van der Waals surface area contributed by atoms with Crippen LogP contribution in [-0.2, 0) is 6.42 Å². The molecule has 4 heteroatoms. The van der Waals surface area contributed by atoms with Gasteiger partial charge in [0.15, 0.2) is 0 Å². The van der Waals surface area contributed by atoms with Crippen molar-refractivity contribution in [2.24, 2.45) is 0 Å². The Labute approximate surface area is 99.0 Å². The third-order valence-electron chi connectivity index (χ3n) is 1.88. The fourth-order valence-corrected chi connectivity index (χ4v) is 3.22. The molecule has 2 aromatic rings. The van der Waals surface area contributed by atoms with E-state index in [0.717, 1.165) is 24.5 Å². The predicted molar refractivity (Wildman–Crippen MR) is 63.9 cm³/mol. The molecule has 2 rings (SSSR count). The molecule has 0 fully saturated rings. The van der Waals surface area contributed by atoms with Crippen LogP contribution >= 0.6 is 38.9 Å². The van der Waals surface area contributed by atoms with Crippen molar-refractivity contribution in [2.45, 2.75) is 6.42 Å². The van der Waals surface area contributed by atoms with Gasteiger partial charge < -0.3 is 0 Å². The number of hydrogen-bond donors (Lipinski definition) is 0. The third kappa shape index (κ3) is 1.78. The van der Waals surface area contributed by atoms with Gasteiger partial charge in [-0.1, -0.05) is 11.6 Å². The number of fused-ring (bicyclic) bond motifs is 1. The first kappa shape index (κ1) is 9.97. The SMILES string of the molecule is N#CCc1cc(Br)c2sc(Cl)cc2c1. The van der Waals surface area contributed by atoms with E-state index in [1.54, 1.807) is 11.3 Å². The average Bonchev–Trinajstić information content (AvgIpc) is 2.47. The molecular weight excluding hydrogens is 282 g/mol. The van der Waals surface area contributed by atoms with Gasteiger partial charge in [-0.2, -0.15) is 5.26 Å². The Balaban J connectivity index is 2.66. The predicted octanol–water partition coefficient (Wildman–Crippen LogP) is 4.38. The molecule has 0 unspecified atom stereocenters. The van der Waals surface area contributed by atoms with Crippen molar-refractivity contribution in [3.63, 3.8) is 0 Å². The standard InChI is InChI=1S/C10H5BrClNS/c11-8-4-6(1-2-13)3-7-5-9(12)14-10(7)8/h3-5H,1H2. The second-order valence-electron chi connectivity index (χ2n) is 2.88. The van der Waals surface area contributed by atoms with Crippen LogP contribution in [0, 0.1) is 11.3 Å². The van der Waals surface area contributed by atoms with Crippen LogP contribution in [0.1, 0.15) is 5.56 Å². The Morgan fingerprint density at radius 1 is 1.43 bits per heavy atom. The lowest BCUT2D eigenvalue weighted by Gasteiger charge is -1.97. The molecule has 1 heterocycles. The molecule has 1 aromatic carbocycles. The molecule has 14 heavy (non-hydrogen) atoms. The molecule has 0 amide bonds. The van der Waals surface area contributed by atoms with Gasteiger partial charge in [0, 0.05) is 4.47 Å². The first-order valence-electron chi connectivity index (χ1n) is 3.95. The Kier molecular flexibility index (Phi) is 2.78. The summed E-state index contributed by atoms with van der Waals surface area (Å²) >= 11 is 10.9. The molecule has 70 valence electrons. The van der Waals surface area contributed by atoms with E-state index in [0.29, 0.717) is 6.42 Å². The first-order chi connectivity index (χ1) is 6.70. The van der Waals surface area contributed by atoms with Gasteiger partial charge in [0.1, 0.15) is 0 Å². The van der Waals surface area contributed by atoms with E-state index in [1.165, 1.54) is 0 Å². The molecule has 0 aliphatic carbocycles. The molecular formula is C10H5BrClNS. The quantitative estimate of drug-likeness (QED) is 0.763. The summed E-state index contributed by atoms with van der Waals surface area (Å²) in [6, 6.07) is 8.03. The normalized spacial score (nSPS) is 10.4. The summed E-state index contributed by atoms with van der Waals surface area (Å²) in [5.41, 5.74) is 1.02. The van der Waals surface area contributed by atoms with Crippen LogP contribution in [0.2, 0.25) is 4.34 Å². The number of nitriles is 1. The summed E-state index contributed by atoms with van der Waals surface area (Å²) in [6.07, 6.45) is 0.433. The van der Waals surface area contributed by atoms with Crippen molar-refractivity contribution in [3.05, 3.63) is 32.6 Å². The number of hydrogen-bond acceptors (Lipinski definition) is 2. The number of nitrogens with zero attached hydrogens (tertiary/aromatic N) is 1. The van der Waals surface area contributed by atoms with E-state index in [-0.39, 0.29) is 0 Å². The Morgan fingerprint density at radius 2 is 2.21 bits per heavy atom. The smallest absolute Gasteiger partial charge is 0.0941 e. The van der Waals surface area contributed by atoms with E-state index in [9.17, 15) is 0 Å². The highest BCUT2D eigenvalue weighted by Crippen LogP contribution is 2.35. The van der Waals surface area contributed by atoms with Crippen molar-refractivity contribution in [1.82, 2.24) is 0 Å². The fraction of sp³-hybridized carbons (Fsp3) is 0.100. The summed E-state index contributed by atoms with van der Waals surface area (Å²) < 4.78 is 2.92. The largest absolute Gasteiger partial charge is 0.198 e. The highest BCUT2D eigenvalue weighted by atomic mass is 79.9. The van der Waals surface area contributed by atoms with Crippen LogP contribution in [-0.4, -0.2) is 0 Å². The van der Waals surface area contributed by atoms with E-state index in [1.807, 2.05) is 18.2 Å². The Morgan fingerprint density at radius 3 is 2.93 bits per heavy atom. The molecule has 0 aliphatic rings. The monoisotopic (exact) mass is 285 g/mol. The lowest BCUT2D eigenvalue weighted by atomic mass is 10.1. The summed E-state index contributed by atoms with van der Waals surface area (Å²) in [5.74, 6) is 0. The Hall–Kier alpha value is -0.560. The number of rotatable bonds is 1. The van der Waals surface area contributed by atoms with Crippen molar-refractivity contribution >= 4 is 49.0 Å². The molecule has 0 saturated heterocycles. The van der Waals surface area contributed by atoms with Crippen LogP contribution in [0.3, 0.4) is 0 Å². The summed E-state index contributed by atoms with van der Waals surface area (Å²) in [6.45, 7) is 0. The molecule has 0 spiro atoms. The van der Waals surface area contributed by atoms with E-state index < -0.39 is 0 Å². The highest BCUT2D eigenvalue weighted by Gasteiger charge is 2.05. The summed E-state index contributed by atoms with van der Waals surface area (Å²) in [4.78, 5) is 0. The highest BCUT2D eigenvalue weighted by molar-refractivity contribution is 9.10. The maximum Gasteiger partial charge on any atom is 0.0941 e. The van der Waals surface area contributed by atoms with Crippen molar-refractivity contribution in [1.29, 1.82) is 5.26 Å². The minimum atomic E-state index is 0.433. The number of thiophene rings is 1. The lowest BCUT2D eigenvalue weighted by Crippen LogP contribution is -1.80. The molecule has 0 radical (unpaired) electrons. The van der Waals surface area contributed by atoms with Gasteiger partial charge in [-0.3, -0.25) is 0 Å². The average molecular weight is 287 g/mol. The van der Waals surface area contributed by atoms with Gasteiger partial charge >= 0.3 is 0 Å². The van der Waals surface area contributed by atoms with Crippen LogP contribution < -0.4 is 0 Å². The third-order valence-corrected chi connectivity index (χ3v) is 4.08. The fourth-order valence-electron chi connectivity index (χ4n) is 1.33. The maximum absolute atomic E-state index is 8.60.